The van der Waals surface area contributed by atoms with Gasteiger partial charge in [-0.3, -0.25) is 5.43 Å². The predicted molar refractivity (Wildman–Crippen MR) is 74.6 cm³/mol. The number of nitrogens with one attached hydrogen (secondary N) is 1. The molecule has 4 nitrogen and oxygen atoms in total. The van der Waals surface area contributed by atoms with Crippen LogP contribution in [-0.2, 0) is 0 Å². The summed E-state index contributed by atoms with van der Waals surface area (Å²) in [4.78, 5) is 0. The van der Waals surface area contributed by atoms with Crippen molar-refractivity contribution in [1.29, 1.82) is 0 Å². The molecule has 0 heterocycles. The molecule has 3 N–H and O–H groups in total. The van der Waals surface area contributed by atoms with Gasteiger partial charge in [-0.05, 0) is 61.8 Å². The maximum absolute atomic E-state index is 5.56. The molecule has 0 fully saturated rings. The van der Waals surface area contributed by atoms with Crippen LogP contribution in [0, 0.1) is 13.8 Å². The van der Waals surface area contributed by atoms with E-state index in [4.69, 9.17) is 10.5 Å². The lowest BCUT2D eigenvalue weighted by atomic mass is 10.1. The summed E-state index contributed by atoms with van der Waals surface area (Å²) in [6.07, 6.45) is 1.68. The number of nitrogens with two attached hydrogens (primary N) is 1. The lowest BCUT2D eigenvalue weighted by Crippen LogP contribution is -2.24. The Morgan fingerprint density at radius 2 is 2.06 bits per heavy atom. The zero-order chi connectivity index (χ0) is 12.8. The Hall–Kier alpha value is -1.62. The Balaban J connectivity index is 2.90. The van der Waals surface area contributed by atoms with E-state index in [1.807, 2.05) is 32.9 Å². The van der Waals surface area contributed by atoms with Crippen molar-refractivity contribution >= 4 is 23.5 Å². The van der Waals surface area contributed by atoms with Gasteiger partial charge in [0.15, 0.2) is 5.11 Å². The van der Waals surface area contributed by atoms with Gasteiger partial charge in [0.05, 0.1) is 12.8 Å². The molecule has 17 heavy (non-hydrogen) atoms. The lowest BCUT2D eigenvalue weighted by Gasteiger charge is -2.11. The highest BCUT2D eigenvalue weighted by Crippen LogP contribution is 2.24. The molecule has 0 aliphatic carbocycles. The smallest absolute Gasteiger partial charge is 0.184 e. The minimum absolute atomic E-state index is 0.153. The van der Waals surface area contributed by atoms with Crippen LogP contribution < -0.4 is 15.9 Å². The summed E-state index contributed by atoms with van der Waals surface area (Å²) in [5, 5.41) is 4.07. The van der Waals surface area contributed by atoms with Gasteiger partial charge in [0, 0.05) is 0 Å². The van der Waals surface area contributed by atoms with Gasteiger partial charge in [-0.2, -0.15) is 5.10 Å². The second-order valence-corrected chi connectivity index (χ2v) is 4.09. The van der Waals surface area contributed by atoms with Crippen molar-refractivity contribution in [1.82, 2.24) is 5.43 Å². The third-order valence-electron chi connectivity index (χ3n) is 2.16. The standard InChI is InChI=1S/C12H17N3OS/c1-4-16-11-8(2)5-10(6-9(11)3)7-14-15-12(13)17/h5-7H,4H2,1-3H3,(H3,13,15,17). The molecule has 0 saturated carbocycles. The fourth-order valence-corrected chi connectivity index (χ4v) is 1.65. The maximum Gasteiger partial charge on any atom is 0.184 e. The van der Waals surface area contributed by atoms with E-state index in [9.17, 15) is 0 Å². The first kappa shape index (κ1) is 13.4. The Morgan fingerprint density at radius 1 is 1.47 bits per heavy atom. The Morgan fingerprint density at radius 3 is 2.53 bits per heavy atom. The van der Waals surface area contributed by atoms with Crippen LogP contribution in [0.5, 0.6) is 5.75 Å². The van der Waals surface area contributed by atoms with Gasteiger partial charge in [-0.1, -0.05) is 0 Å². The highest BCUT2D eigenvalue weighted by Gasteiger charge is 2.04. The Bertz CT molecular complexity index is 420. The van der Waals surface area contributed by atoms with E-state index in [1.165, 1.54) is 0 Å². The fraction of sp³-hybridized carbons (Fsp3) is 0.333. The molecule has 0 radical (unpaired) electrons. The SMILES string of the molecule is CCOc1c(C)cc(C=NNC(N)=S)cc1C. The second kappa shape index (κ2) is 6.20. The minimum Gasteiger partial charge on any atom is -0.493 e. The third-order valence-corrected chi connectivity index (χ3v) is 2.25. The van der Waals surface area contributed by atoms with Crippen LogP contribution in [0.25, 0.3) is 0 Å². The van der Waals surface area contributed by atoms with Crippen LogP contribution in [0.1, 0.15) is 23.6 Å². The highest BCUT2D eigenvalue weighted by atomic mass is 32.1. The number of ether oxygens (including phenoxy) is 1. The van der Waals surface area contributed by atoms with Gasteiger partial charge in [-0.25, -0.2) is 0 Å². The van der Waals surface area contributed by atoms with Gasteiger partial charge in [-0.15, -0.1) is 0 Å². The zero-order valence-electron chi connectivity index (χ0n) is 10.3. The lowest BCUT2D eigenvalue weighted by molar-refractivity contribution is 0.335. The van der Waals surface area contributed by atoms with Crippen LogP contribution in [0.2, 0.25) is 0 Å². The van der Waals surface area contributed by atoms with E-state index < -0.39 is 0 Å². The minimum atomic E-state index is 0.153. The largest absolute Gasteiger partial charge is 0.493 e. The summed E-state index contributed by atoms with van der Waals surface area (Å²) in [5.41, 5.74) is 10.9. The van der Waals surface area contributed by atoms with Crippen molar-refractivity contribution in [2.75, 3.05) is 6.61 Å². The first-order valence-corrected chi connectivity index (χ1v) is 5.78. The fourth-order valence-electron chi connectivity index (χ4n) is 1.60. The molecule has 0 unspecified atom stereocenters. The molecule has 5 heteroatoms. The molecule has 1 rings (SSSR count). The van der Waals surface area contributed by atoms with Gasteiger partial charge in [0.2, 0.25) is 0 Å². The molecular weight excluding hydrogens is 234 g/mol. The highest BCUT2D eigenvalue weighted by molar-refractivity contribution is 7.80. The van der Waals surface area contributed by atoms with Crippen LogP contribution in [0.3, 0.4) is 0 Å². The molecule has 0 aliphatic heterocycles. The average Bonchev–Trinajstić information content (AvgIpc) is 2.23. The van der Waals surface area contributed by atoms with Crippen LogP contribution in [0.4, 0.5) is 0 Å². The van der Waals surface area contributed by atoms with Crippen molar-refractivity contribution in [3.8, 4) is 5.75 Å². The van der Waals surface area contributed by atoms with E-state index in [1.54, 1.807) is 6.21 Å². The predicted octanol–water partition coefficient (Wildman–Crippen LogP) is 1.87. The molecule has 0 spiro atoms. The Kier molecular flexibility index (Phi) is 4.90. The Labute approximate surface area is 107 Å². The molecular formula is C12H17N3OS. The van der Waals surface area contributed by atoms with Crippen molar-refractivity contribution in [3.63, 3.8) is 0 Å². The van der Waals surface area contributed by atoms with Crippen LogP contribution >= 0.6 is 12.2 Å². The van der Waals surface area contributed by atoms with Crippen molar-refractivity contribution in [2.24, 2.45) is 10.8 Å². The number of nitrogens with zero attached hydrogens (tertiary/aromatic N) is 1. The first-order valence-electron chi connectivity index (χ1n) is 5.37. The summed E-state index contributed by atoms with van der Waals surface area (Å²) in [6.45, 7) is 6.66. The molecule has 0 atom stereocenters. The molecule has 0 amide bonds. The number of hydrogen-bond acceptors (Lipinski definition) is 3. The van der Waals surface area contributed by atoms with E-state index in [-0.39, 0.29) is 5.11 Å². The summed E-state index contributed by atoms with van der Waals surface area (Å²) in [5.74, 6) is 0.937. The summed E-state index contributed by atoms with van der Waals surface area (Å²) in [7, 11) is 0. The number of hydrazone groups is 1. The monoisotopic (exact) mass is 251 g/mol. The van der Waals surface area contributed by atoms with E-state index in [0.717, 1.165) is 22.4 Å². The molecule has 1 aromatic carbocycles. The van der Waals surface area contributed by atoms with Crippen molar-refractivity contribution in [2.45, 2.75) is 20.8 Å². The number of thiocarbonyl (C=S) groups is 1. The molecule has 0 aromatic heterocycles. The quantitative estimate of drug-likeness (QED) is 0.487. The second-order valence-electron chi connectivity index (χ2n) is 3.65. The summed E-state index contributed by atoms with van der Waals surface area (Å²) in [6, 6.07) is 4.01. The van der Waals surface area contributed by atoms with E-state index >= 15 is 0 Å². The molecule has 0 aliphatic rings. The summed E-state index contributed by atoms with van der Waals surface area (Å²) >= 11 is 4.65. The average molecular weight is 251 g/mol. The molecule has 0 saturated heterocycles. The normalized spacial score (nSPS) is 10.5. The topological polar surface area (TPSA) is 59.6 Å². The zero-order valence-corrected chi connectivity index (χ0v) is 11.1. The first-order chi connectivity index (χ1) is 8.04. The summed E-state index contributed by atoms with van der Waals surface area (Å²) < 4.78 is 5.56. The van der Waals surface area contributed by atoms with E-state index in [2.05, 4.69) is 22.7 Å². The molecule has 0 bridgehead atoms. The number of hydrogen-bond donors (Lipinski definition) is 2. The molecule has 1 aromatic rings. The third kappa shape index (κ3) is 4.03. The van der Waals surface area contributed by atoms with E-state index in [0.29, 0.717) is 6.61 Å². The van der Waals surface area contributed by atoms with Gasteiger partial charge in [0.1, 0.15) is 5.75 Å². The van der Waals surface area contributed by atoms with Crippen LogP contribution in [-0.4, -0.2) is 17.9 Å². The number of benzene rings is 1. The van der Waals surface area contributed by atoms with Crippen molar-refractivity contribution in [3.05, 3.63) is 28.8 Å². The van der Waals surface area contributed by atoms with Gasteiger partial charge >= 0.3 is 0 Å². The van der Waals surface area contributed by atoms with Crippen LogP contribution in [0.15, 0.2) is 17.2 Å². The van der Waals surface area contributed by atoms with Gasteiger partial charge in [0.25, 0.3) is 0 Å². The van der Waals surface area contributed by atoms with Crippen molar-refractivity contribution < 1.29 is 4.74 Å². The number of aryl methyl sites for hydroxylation is 2. The number of rotatable bonds is 4. The van der Waals surface area contributed by atoms with Gasteiger partial charge < -0.3 is 10.5 Å². The molecule has 92 valence electrons. The maximum atomic E-state index is 5.56.